The molecule has 0 heterocycles. The van der Waals surface area contributed by atoms with Gasteiger partial charge in [0.2, 0.25) is 0 Å². The molecule has 1 atom stereocenters. The average Bonchev–Trinajstić information content (AvgIpc) is 2.18. The van der Waals surface area contributed by atoms with Gasteiger partial charge in [-0.15, -0.1) is 0 Å². The lowest BCUT2D eigenvalue weighted by atomic mass is 10.1. The Morgan fingerprint density at radius 2 is 2.00 bits per heavy atom. The molecule has 1 aromatic rings. The van der Waals surface area contributed by atoms with Crippen LogP contribution in [0.4, 0.5) is 13.2 Å². The molecule has 0 unspecified atom stereocenters. The Morgan fingerprint density at radius 1 is 1.39 bits per heavy atom. The Kier molecular flexibility index (Phi) is 4.84. The number of alkyl halides is 3. The van der Waals surface area contributed by atoms with Crippen LogP contribution in [0.15, 0.2) is 18.2 Å². The van der Waals surface area contributed by atoms with E-state index in [1.54, 1.807) is 0 Å². The zero-order valence-corrected chi connectivity index (χ0v) is 10.2. The number of carbonyl (C=O) groups is 1. The van der Waals surface area contributed by atoms with E-state index in [1.807, 2.05) is 0 Å². The summed E-state index contributed by atoms with van der Waals surface area (Å²) in [4.78, 5) is 10.3. The van der Waals surface area contributed by atoms with E-state index < -0.39 is 24.9 Å². The second kappa shape index (κ2) is 5.77. The van der Waals surface area contributed by atoms with E-state index in [-0.39, 0.29) is 15.6 Å². The van der Waals surface area contributed by atoms with Crippen molar-refractivity contribution >= 4 is 29.2 Å². The summed E-state index contributed by atoms with van der Waals surface area (Å²) in [7, 11) is 0. The molecule has 0 amide bonds. The van der Waals surface area contributed by atoms with Crippen LogP contribution in [-0.4, -0.2) is 23.9 Å². The van der Waals surface area contributed by atoms with Gasteiger partial charge in [-0.1, -0.05) is 29.3 Å². The summed E-state index contributed by atoms with van der Waals surface area (Å²) in [6.45, 7) is -1.08. The molecular weight excluding hydrogens is 296 g/mol. The van der Waals surface area contributed by atoms with Crippen LogP contribution in [0.25, 0.3) is 0 Å². The fourth-order valence-electron chi connectivity index (χ4n) is 1.23. The molecule has 0 aromatic heterocycles. The third-order valence-electron chi connectivity index (χ3n) is 1.92. The molecule has 0 fully saturated rings. The summed E-state index contributed by atoms with van der Waals surface area (Å²) < 4.78 is 42.5. The number of halogens is 5. The summed E-state index contributed by atoms with van der Waals surface area (Å²) in [6, 6.07) is 3.39. The normalized spacial score (nSPS) is 13.4. The van der Waals surface area contributed by atoms with Gasteiger partial charge in [0.1, 0.15) is 6.61 Å². The van der Waals surface area contributed by atoms with Gasteiger partial charge in [-0.25, -0.2) is 4.79 Å². The number of ether oxygens (including phenoxy) is 1. The highest BCUT2D eigenvalue weighted by molar-refractivity contribution is 6.35. The van der Waals surface area contributed by atoms with Crippen LogP contribution in [-0.2, 0) is 9.53 Å². The van der Waals surface area contributed by atoms with Crippen LogP contribution in [0, 0.1) is 0 Å². The molecule has 0 spiro atoms. The van der Waals surface area contributed by atoms with Crippen LogP contribution < -0.4 is 0 Å². The standard InChI is InChI=1S/C10H7Cl2F3O3/c11-5-1-2-6(7(12)3-5)9(10(13,14)15)18-4-8(16)17/h1-3,9H,4H2,(H,16,17)/t9-/m1/s1. The number of hydrogen-bond donors (Lipinski definition) is 1. The van der Waals surface area contributed by atoms with Gasteiger partial charge < -0.3 is 9.84 Å². The maximum Gasteiger partial charge on any atom is 0.418 e. The van der Waals surface area contributed by atoms with Crippen molar-refractivity contribution in [3.63, 3.8) is 0 Å². The second-order valence-corrected chi connectivity index (χ2v) is 4.14. The van der Waals surface area contributed by atoms with Crippen LogP contribution in [0.5, 0.6) is 0 Å². The molecule has 0 aliphatic heterocycles. The Balaban J connectivity index is 3.06. The number of hydrogen-bond acceptors (Lipinski definition) is 2. The van der Waals surface area contributed by atoms with Crippen LogP contribution in [0.1, 0.15) is 11.7 Å². The summed E-state index contributed by atoms with van der Waals surface area (Å²) in [5, 5.41) is 8.27. The summed E-state index contributed by atoms with van der Waals surface area (Å²) in [5.41, 5.74) is -0.380. The van der Waals surface area contributed by atoms with Gasteiger partial charge in [-0.3, -0.25) is 0 Å². The number of carboxylic acid groups (broad SMARTS) is 1. The van der Waals surface area contributed by atoms with E-state index in [0.717, 1.165) is 12.1 Å². The lowest BCUT2D eigenvalue weighted by molar-refractivity contribution is -0.225. The van der Waals surface area contributed by atoms with Crippen molar-refractivity contribution in [1.82, 2.24) is 0 Å². The van der Waals surface area contributed by atoms with Gasteiger partial charge in [0.15, 0.2) is 6.10 Å². The molecule has 0 aliphatic rings. The molecule has 0 aliphatic carbocycles. The maximum atomic E-state index is 12.7. The zero-order chi connectivity index (χ0) is 13.9. The minimum atomic E-state index is -4.77. The molecule has 0 radical (unpaired) electrons. The zero-order valence-electron chi connectivity index (χ0n) is 8.67. The predicted octanol–water partition coefficient (Wildman–Crippen LogP) is 3.70. The largest absolute Gasteiger partial charge is 0.480 e. The summed E-state index contributed by atoms with van der Waals surface area (Å²) >= 11 is 11.2. The average molecular weight is 303 g/mol. The maximum absolute atomic E-state index is 12.7. The topological polar surface area (TPSA) is 46.5 Å². The minimum absolute atomic E-state index is 0.169. The molecule has 0 saturated heterocycles. The highest BCUT2D eigenvalue weighted by Gasteiger charge is 2.43. The lowest BCUT2D eigenvalue weighted by Gasteiger charge is -2.21. The van der Waals surface area contributed by atoms with Gasteiger partial charge in [-0.2, -0.15) is 13.2 Å². The molecule has 1 aromatic carbocycles. The van der Waals surface area contributed by atoms with Gasteiger partial charge in [0.25, 0.3) is 0 Å². The third-order valence-corrected chi connectivity index (χ3v) is 2.48. The van der Waals surface area contributed by atoms with Crippen LogP contribution >= 0.6 is 23.2 Å². The van der Waals surface area contributed by atoms with Crippen molar-refractivity contribution in [3.8, 4) is 0 Å². The molecule has 3 nitrogen and oxygen atoms in total. The molecule has 8 heteroatoms. The smallest absolute Gasteiger partial charge is 0.418 e. The molecule has 1 N–H and O–H groups in total. The monoisotopic (exact) mass is 302 g/mol. The van der Waals surface area contributed by atoms with E-state index in [4.69, 9.17) is 28.3 Å². The molecule has 18 heavy (non-hydrogen) atoms. The SMILES string of the molecule is O=C(O)CO[C@H](c1ccc(Cl)cc1Cl)C(F)(F)F. The first-order valence-corrected chi connectivity index (χ1v) is 5.32. The fraction of sp³-hybridized carbons (Fsp3) is 0.300. The first kappa shape index (κ1) is 15.1. The first-order valence-electron chi connectivity index (χ1n) is 4.57. The fourth-order valence-corrected chi connectivity index (χ4v) is 1.74. The molecule has 1 rings (SSSR count). The van der Waals surface area contributed by atoms with Gasteiger partial charge in [0.05, 0.1) is 0 Å². The quantitative estimate of drug-likeness (QED) is 0.922. The number of rotatable bonds is 4. The van der Waals surface area contributed by atoms with Crippen molar-refractivity contribution in [2.45, 2.75) is 12.3 Å². The van der Waals surface area contributed by atoms with Crippen LogP contribution in [0.2, 0.25) is 10.0 Å². The Labute approximate surface area is 110 Å². The third kappa shape index (κ3) is 4.04. The molecular formula is C10H7Cl2F3O3. The number of aliphatic carboxylic acids is 1. The van der Waals surface area contributed by atoms with E-state index in [1.165, 1.54) is 6.07 Å². The molecule has 0 bridgehead atoms. The lowest BCUT2D eigenvalue weighted by Crippen LogP contribution is -2.26. The highest BCUT2D eigenvalue weighted by atomic mass is 35.5. The Bertz CT molecular complexity index is 448. The van der Waals surface area contributed by atoms with Gasteiger partial charge >= 0.3 is 12.1 Å². The van der Waals surface area contributed by atoms with E-state index in [2.05, 4.69) is 4.74 Å². The van der Waals surface area contributed by atoms with Gasteiger partial charge in [-0.05, 0) is 12.1 Å². The van der Waals surface area contributed by atoms with Crippen LogP contribution in [0.3, 0.4) is 0 Å². The van der Waals surface area contributed by atoms with Crippen molar-refractivity contribution < 1.29 is 27.8 Å². The highest BCUT2D eigenvalue weighted by Crippen LogP contribution is 2.39. The Hall–Kier alpha value is -0.980. The molecule has 100 valence electrons. The van der Waals surface area contributed by atoms with E-state index in [0.29, 0.717) is 0 Å². The minimum Gasteiger partial charge on any atom is -0.480 e. The number of carboxylic acids is 1. The second-order valence-electron chi connectivity index (χ2n) is 3.29. The Morgan fingerprint density at radius 3 is 2.44 bits per heavy atom. The van der Waals surface area contributed by atoms with Crippen molar-refractivity contribution in [3.05, 3.63) is 33.8 Å². The number of benzene rings is 1. The first-order chi connectivity index (χ1) is 8.21. The summed E-state index contributed by atoms with van der Waals surface area (Å²) in [6.07, 6.45) is -7.18. The van der Waals surface area contributed by atoms with Crippen molar-refractivity contribution in [2.24, 2.45) is 0 Å². The van der Waals surface area contributed by atoms with E-state index >= 15 is 0 Å². The van der Waals surface area contributed by atoms with Crippen molar-refractivity contribution in [2.75, 3.05) is 6.61 Å². The summed E-state index contributed by atoms with van der Waals surface area (Å²) in [5.74, 6) is -1.51. The predicted molar refractivity (Wildman–Crippen MR) is 58.8 cm³/mol. The van der Waals surface area contributed by atoms with Crippen molar-refractivity contribution in [1.29, 1.82) is 0 Å². The van der Waals surface area contributed by atoms with E-state index in [9.17, 15) is 18.0 Å². The van der Waals surface area contributed by atoms with Gasteiger partial charge in [0, 0.05) is 15.6 Å². The molecule has 0 saturated carbocycles.